The lowest BCUT2D eigenvalue weighted by Crippen LogP contribution is -2.49. The zero-order valence-corrected chi connectivity index (χ0v) is 16.2. The number of hydrogen-bond acceptors (Lipinski definition) is 5. The van der Waals surface area contributed by atoms with E-state index in [2.05, 4.69) is 10.3 Å². The molecule has 2 aromatic rings. The van der Waals surface area contributed by atoms with Crippen molar-refractivity contribution in [3.8, 4) is 0 Å². The Morgan fingerprint density at radius 1 is 1.23 bits per heavy atom. The molecule has 0 bridgehead atoms. The Balaban J connectivity index is 2.34. The number of aromatic nitrogens is 1. The maximum atomic E-state index is 12.3. The number of hydrogen-bond donors (Lipinski definition) is 2. The summed E-state index contributed by atoms with van der Waals surface area (Å²) in [5.41, 5.74) is 1.98. The molecule has 2 rings (SSSR count). The molecule has 140 valence electrons. The minimum absolute atomic E-state index is 0.0994. The SMILES string of the molecule is Cc1ccc(C(CNC(=O)OC(C)(C)C)(Cc2cscn2)C(=O)O)cc1. The summed E-state index contributed by atoms with van der Waals surface area (Å²) in [6, 6.07) is 7.29. The summed E-state index contributed by atoms with van der Waals surface area (Å²) in [5, 5.41) is 14.5. The summed E-state index contributed by atoms with van der Waals surface area (Å²) >= 11 is 1.41. The molecule has 1 atom stereocenters. The first-order chi connectivity index (χ1) is 12.1. The van der Waals surface area contributed by atoms with Crippen LogP contribution in [0.3, 0.4) is 0 Å². The number of carboxylic acid groups (broad SMARTS) is 1. The summed E-state index contributed by atoms with van der Waals surface area (Å²) < 4.78 is 5.25. The fourth-order valence-corrected chi connectivity index (χ4v) is 3.14. The van der Waals surface area contributed by atoms with Crippen LogP contribution in [0.1, 0.15) is 37.6 Å². The second-order valence-corrected chi connectivity index (χ2v) is 7.98. The van der Waals surface area contributed by atoms with E-state index in [0.717, 1.165) is 5.56 Å². The number of thiazole rings is 1. The largest absolute Gasteiger partial charge is 0.481 e. The van der Waals surface area contributed by atoms with E-state index in [1.807, 2.05) is 24.4 Å². The van der Waals surface area contributed by atoms with Crippen LogP contribution in [0.25, 0.3) is 0 Å². The van der Waals surface area contributed by atoms with Gasteiger partial charge in [-0.3, -0.25) is 4.79 Å². The first-order valence-corrected chi connectivity index (χ1v) is 9.21. The van der Waals surface area contributed by atoms with Crippen molar-refractivity contribution >= 4 is 23.4 Å². The lowest BCUT2D eigenvalue weighted by molar-refractivity contribution is -0.143. The van der Waals surface area contributed by atoms with Gasteiger partial charge in [0.1, 0.15) is 11.0 Å². The van der Waals surface area contributed by atoms with Crippen LogP contribution in [-0.2, 0) is 21.4 Å². The molecular formula is C19H24N2O4S. The fraction of sp³-hybridized carbons (Fsp3) is 0.421. The van der Waals surface area contributed by atoms with E-state index in [-0.39, 0.29) is 13.0 Å². The van der Waals surface area contributed by atoms with Gasteiger partial charge in [-0.25, -0.2) is 9.78 Å². The van der Waals surface area contributed by atoms with Crippen LogP contribution in [0.2, 0.25) is 0 Å². The number of aryl methyl sites for hydroxylation is 1. The molecule has 0 radical (unpaired) electrons. The molecule has 0 aliphatic rings. The smallest absolute Gasteiger partial charge is 0.407 e. The van der Waals surface area contributed by atoms with Crippen molar-refractivity contribution in [2.24, 2.45) is 0 Å². The molecule has 1 aromatic heterocycles. The predicted molar refractivity (Wildman–Crippen MR) is 101 cm³/mol. The van der Waals surface area contributed by atoms with Crippen molar-refractivity contribution in [2.75, 3.05) is 6.54 Å². The Morgan fingerprint density at radius 2 is 1.88 bits per heavy atom. The van der Waals surface area contributed by atoms with Crippen LogP contribution in [0, 0.1) is 6.92 Å². The number of alkyl carbamates (subject to hydrolysis) is 1. The molecular weight excluding hydrogens is 352 g/mol. The average Bonchev–Trinajstić information content (AvgIpc) is 3.03. The summed E-state index contributed by atoms with van der Waals surface area (Å²) in [5.74, 6) is -1.02. The van der Waals surface area contributed by atoms with Crippen molar-refractivity contribution in [1.82, 2.24) is 10.3 Å². The second-order valence-electron chi connectivity index (χ2n) is 7.27. The molecule has 0 saturated carbocycles. The van der Waals surface area contributed by atoms with Crippen LogP contribution in [0.15, 0.2) is 35.2 Å². The van der Waals surface area contributed by atoms with Crippen molar-refractivity contribution in [3.05, 3.63) is 52.0 Å². The Kier molecular flexibility index (Phi) is 6.02. The van der Waals surface area contributed by atoms with Crippen molar-refractivity contribution in [3.63, 3.8) is 0 Å². The van der Waals surface area contributed by atoms with Crippen molar-refractivity contribution in [2.45, 2.75) is 45.1 Å². The minimum atomic E-state index is -1.33. The van der Waals surface area contributed by atoms with Gasteiger partial charge in [-0.05, 0) is 33.3 Å². The molecule has 0 fully saturated rings. The van der Waals surface area contributed by atoms with Crippen LogP contribution in [-0.4, -0.2) is 34.3 Å². The third kappa shape index (κ3) is 5.05. The molecule has 0 aliphatic carbocycles. The number of ether oxygens (including phenoxy) is 1. The standard InChI is InChI=1S/C19H24N2O4S/c1-13-5-7-14(8-6-13)19(16(22)23,9-15-10-26-12-21-15)11-20-17(24)25-18(2,3)4/h5-8,10,12H,9,11H2,1-4H3,(H,20,24)(H,22,23). The maximum absolute atomic E-state index is 12.3. The molecule has 6 nitrogen and oxygen atoms in total. The Bertz CT molecular complexity index is 751. The van der Waals surface area contributed by atoms with Gasteiger partial charge in [-0.1, -0.05) is 29.8 Å². The molecule has 0 saturated heterocycles. The maximum Gasteiger partial charge on any atom is 0.407 e. The quantitative estimate of drug-likeness (QED) is 0.805. The summed E-state index contributed by atoms with van der Waals surface area (Å²) in [6.07, 6.45) is -0.474. The Morgan fingerprint density at radius 3 is 2.38 bits per heavy atom. The number of nitrogens with one attached hydrogen (secondary N) is 1. The average molecular weight is 376 g/mol. The lowest BCUT2D eigenvalue weighted by Gasteiger charge is -2.30. The Labute approximate surface area is 157 Å². The second kappa shape index (κ2) is 7.86. The highest BCUT2D eigenvalue weighted by molar-refractivity contribution is 7.07. The highest BCUT2D eigenvalue weighted by atomic mass is 32.1. The van der Waals surface area contributed by atoms with Crippen LogP contribution < -0.4 is 5.32 Å². The van der Waals surface area contributed by atoms with Gasteiger partial charge in [0.05, 0.1) is 11.2 Å². The van der Waals surface area contributed by atoms with Crippen LogP contribution in [0.5, 0.6) is 0 Å². The molecule has 0 spiro atoms. The summed E-state index contributed by atoms with van der Waals surface area (Å²) in [4.78, 5) is 28.6. The Hall–Kier alpha value is -2.41. The number of carbonyl (C=O) groups excluding carboxylic acids is 1. The van der Waals surface area contributed by atoms with E-state index >= 15 is 0 Å². The number of rotatable bonds is 6. The number of amides is 1. The highest BCUT2D eigenvalue weighted by Crippen LogP contribution is 2.29. The van der Waals surface area contributed by atoms with Gasteiger partial charge in [-0.15, -0.1) is 11.3 Å². The number of aliphatic carboxylic acids is 1. The summed E-state index contributed by atoms with van der Waals surface area (Å²) in [6.45, 7) is 7.11. The first kappa shape index (κ1) is 19.9. The van der Waals surface area contributed by atoms with E-state index in [1.54, 1.807) is 38.4 Å². The molecule has 1 aromatic carbocycles. The number of carbonyl (C=O) groups is 2. The van der Waals surface area contributed by atoms with Gasteiger partial charge in [-0.2, -0.15) is 0 Å². The number of benzene rings is 1. The zero-order valence-electron chi connectivity index (χ0n) is 15.4. The monoisotopic (exact) mass is 376 g/mol. The van der Waals surface area contributed by atoms with E-state index in [4.69, 9.17) is 4.74 Å². The van der Waals surface area contributed by atoms with E-state index in [9.17, 15) is 14.7 Å². The normalized spacial score (nSPS) is 13.7. The first-order valence-electron chi connectivity index (χ1n) is 8.27. The highest BCUT2D eigenvalue weighted by Gasteiger charge is 2.42. The van der Waals surface area contributed by atoms with Crippen LogP contribution >= 0.6 is 11.3 Å². The van der Waals surface area contributed by atoms with Crippen molar-refractivity contribution in [1.29, 1.82) is 0 Å². The number of carboxylic acids is 1. The van der Waals surface area contributed by atoms with Gasteiger partial charge in [0.25, 0.3) is 0 Å². The topological polar surface area (TPSA) is 88.5 Å². The molecule has 1 heterocycles. The van der Waals surface area contributed by atoms with E-state index < -0.39 is 23.1 Å². The van der Waals surface area contributed by atoms with Gasteiger partial charge in [0.15, 0.2) is 0 Å². The number of nitrogens with zero attached hydrogens (tertiary/aromatic N) is 1. The third-order valence-corrected chi connectivity index (χ3v) is 4.55. The molecule has 1 unspecified atom stereocenters. The molecule has 7 heteroatoms. The van der Waals surface area contributed by atoms with E-state index in [0.29, 0.717) is 11.3 Å². The fourth-order valence-electron chi connectivity index (χ4n) is 2.59. The molecule has 26 heavy (non-hydrogen) atoms. The summed E-state index contributed by atoms with van der Waals surface area (Å²) in [7, 11) is 0. The van der Waals surface area contributed by atoms with Gasteiger partial charge >= 0.3 is 12.1 Å². The van der Waals surface area contributed by atoms with Gasteiger partial charge in [0.2, 0.25) is 0 Å². The lowest BCUT2D eigenvalue weighted by atomic mass is 9.76. The zero-order chi connectivity index (χ0) is 19.4. The van der Waals surface area contributed by atoms with Crippen molar-refractivity contribution < 1.29 is 19.4 Å². The third-order valence-electron chi connectivity index (χ3n) is 3.91. The molecule has 1 amide bonds. The minimum Gasteiger partial charge on any atom is -0.481 e. The van der Waals surface area contributed by atoms with Gasteiger partial charge in [0, 0.05) is 18.3 Å². The van der Waals surface area contributed by atoms with E-state index in [1.165, 1.54) is 11.3 Å². The van der Waals surface area contributed by atoms with Gasteiger partial charge < -0.3 is 15.2 Å². The molecule has 0 aliphatic heterocycles. The predicted octanol–water partition coefficient (Wildman–Crippen LogP) is 3.54. The van der Waals surface area contributed by atoms with Crippen LogP contribution in [0.4, 0.5) is 4.79 Å². The molecule has 2 N–H and O–H groups in total.